The summed E-state index contributed by atoms with van der Waals surface area (Å²) in [5.41, 5.74) is 5.73. The van der Waals surface area contributed by atoms with Crippen LogP contribution in [0.2, 0.25) is 5.02 Å². The van der Waals surface area contributed by atoms with E-state index in [-0.39, 0.29) is 17.2 Å². The molecule has 12 heteroatoms. The van der Waals surface area contributed by atoms with E-state index in [1.165, 1.54) is 17.5 Å². The van der Waals surface area contributed by atoms with Crippen molar-refractivity contribution in [3.05, 3.63) is 75.9 Å². The Balaban J connectivity index is 1.75. The first kappa shape index (κ1) is 30.6. The normalized spacial score (nSPS) is 12.2. The van der Waals surface area contributed by atoms with Crippen molar-refractivity contribution < 1.29 is 18.9 Å². The summed E-state index contributed by atoms with van der Waals surface area (Å²) in [4.78, 5) is 30.9. The maximum Gasteiger partial charge on any atom is 0.277 e. The number of benzene rings is 2. The minimum absolute atomic E-state index is 0.257. The number of anilines is 3. The number of pyridine rings is 1. The van der Waals surface area contributed by atoms with E-state index in [9.17, 15) is 14.1 Å². The largest absolute Gasteiger partial charge is 0.489 e. The lowest BCUT2D eigenvalue weighted by Crippen LogP contribution is -2.40. The number of carbonyl (C=O) groups is 2. The van der Waals surface area contributed by atoms with E-state index in [0.29, 0.717) is 55.0 Å². The van der Waals surface area contributed by atoms with Gasteiger partial charge in [0.05, 0.1) is 33.1 Å². The van der Waals surface area contributed by atoms with Gasteiger partial charge in [-0.15, -0.1) is 11.3 Å². The van der Waals surface area contributed by atoms with Crippen LogP contribution >= 0.6 is 22.9 Å². The van der Waals surface area contributed by atoms with Crippen molar-refractivity contribution in [2.75, 3.05) is 35.0 Å². The lowest BCUT2D eigenvalue weighted by Gasteiger charge is -2.26. The van der Waals surface area contributed by atoms with Gasteiger partial charge in [-0.2, -0.15) is 9.98 Å². The summed E-state index contributed by atoms with van der Waals surface area (Å²) in [6, 6.07) is 12.3. The van der Waals surface area contributed by atoms with E-state index in [2.05, 4.69) is 41.8 Å². The number of carbonyl (C=O) groups excluding carboxylic acids is 2. The molecule has 0 aliphatic rings. The second-order valence-electron chi connectivity index (χ2n) is 10.1. The van der Waals surface area contributed by atoms with Gasteiger partial charge in [-0.3, -0.25) is 14.6 Å². The van der Waals surface area contributed by atoms with Crippen LogP contribution in [0.5, 0.6) is 5.75 Å². The molecule has 0 radical (unpaired) electrons. The molecule has 2 heterocycles. The predicted molar refractivity (Wildman–Crippen MR) is 171 cm³/mol. The lowest BCUT2D eigenvalue weighted by molar-refractivity contribution is 0.102. The summed E-state index contributed by atoms with van der Waals surface area (Å²) in [5.74, 6) is -0.248. The van der Waals surface area contributed by atoms with Gasteiger partial charge >= 0.3 is 0 Å². The molecule has 0 saturated heterocycles. The average Bonchev–Trinajstić information content (AvgIpc) is 3.39. The number of hydrogen-bond acceptors (Lipinski definition) is 8. The Hall–Kier alpha value is -3.35. The van der Waals surface area contributed by atoms with Crippen molar-refractivity contribution in [3.63, 3.8) is 0 Å². The van der Waals surface area contributed by atoms with E-state index in [1.54, 1.807) is 54.2 Å². The first-order valence-electron chi connectivity index (χ1n) is 12.8. The molecule has 0 spiro atoms. The van der Waals surface area contributed by atoms with Gasteiger partial charge in [-0.1, -0.05) is 36.8 Å². The Morgan fingerprint density at radius 3 is 2.46 bits per heavy atom. The predicted octanol–water partition coefficient (Wildman–Crippen LogP) is 6.73. The van der Waals surface area contributed by atoms with Crippen molar-refractivity contribution >= 4 is 73.3 Å². The van der Waals surface area contributed by atoms with Gasteiger partial charge in [-0.05, 0) is 60.4 Å². The molecule has 216 valence electrons. The van der Waals surface area contributed by atoms with Crippen LogP contribution in [0, 0.1) is 0 Å². The molecule has 0 fully saturated rings. The highest BCUT2D eigenvalue weighted by molar-refractivity contribution is 7.92. The van der Waals surface area contributed by atoms with Crippen LogP contribution in [0.15, 0.2) is 54.9 Å². The molecule has 4 rings (SSSR count). The third kappa shape index (κ3) is 6.77. The number of ether oxygens (including phenoxy) is 1. The highest BCUT2D eigenvalue weighted by atomic mass is 35.5. The number of aromatic nitrogens is 1. The topological polar surface area (TPSA) is 116 Å². The molecule has 0 aliphatic carbocycles. The summed E-state index contributed by atoms with van der Waals surface area (Å²) in [6.45, 7) is 8.42. The first-order chi connectivity index (χ1) is 19.4. The van der Waals surface area contributed by atoms with Crippen molar-refractivity contribution in [2.24, 2.45) is 0 Å². The van der Waals surface area contributed by atoms with Crippen molar-refractivity contribution in [1.29, 1.82) is 0 Å². The average molecular weight is 615 g/mol. The number of rotatable bonds is 9. The zero-order chi connectivity index (χ0) is 29.9. The molecule has 0 bridgehead atoms. The van der Waals surface area contributed by atoms with Crippen molar-refractivity contribution in [2.45, 2.75) is 33.1 Å². The fourth-order valence-electron chi connectivity index (χ4n) is 4.16. The van der Waals surface area contributed by atoms with Crippen LogP contribution in [0.25, 0.3) is 10.1 Å². The number of amides is 2. The molecule has 1 atom stereocenters. The molecular formula is C29H33ClN5O4S2+. The number of halogens is 1. The van der Waals surface area contributed by atoms with Crippen LogP contribution in [0.4, 0.5) is 17.1 Å². The number of fused-ring (bicyclic) bond motifs is 1. The Morgan fingerprint density at radius 1 is 1.12 bits per heavy atom. The fraction of sp³-hybridized carbons (Fsp3) is 0.276. The SMILES string of the molecule is CCOc1c(NC(=O)c2cc3c(Cl)ccc(NC(=O)c4cccnc4)c3s2)cc(C(C)(C)C)cc1N(NC)[S+](C)O. The van der Waals surface area contributed by atoms with Crippen LogP contribution in [-0.4, -0.2) is 41.3 Å². The third-order valence-corrected chi connectivity index (χ3v) is 8.59. The van der Waals surface area contributed by atoms with Crippen molar-refractivity contribution in [3.8, 4) is 5.75 Å². The van der Waals surface area contributed by atoms with Gasteiger partial charge in [0.1, 0.15) is 0 Å². The van der Waals surface area contributed by atoms with Gasteiger partial charge in [-0.25, -0.2) is 0 Å². The molecule has 2 aromatic carbocycles. The standard InChI is InChI=1S/C29H32ClN5O4S2/c1-7-39-25-22(13-18(29(2,3)4)14-23(25)35(31-5)41(6)38)34-28(37)24-15-19-20(30)10-11-21(26(19)40-24)33-27(36)17-9-8-12-32-16-17/h8-16,31,38H,7H2,1-6H3,(H-,33,34,36,37)/p+1. The second-order valence-corrected chi connectivity index (χ2v) is 12.8. The zero-order valence-electron chi connectivity index (χ0n) is 23.7. The molecule has 0 saturated carbocycles. The van der Waals surface area contributed by atoms with Gasteiger partial charge in [0.25, 0.3) is 23.2 Å². The summed E-state index contributed by atoms with van der Waals surface area (Å²) < 4.78 is 18.8. The molecule has 0 aliphatic heterocycles. The second kappa shape index (κ2) is 12.7. The number of thiophene rings is 1. The minimum atomic E-state index is -1.17. The highest BCUT2D eigenvalue weighted by Gasteiger charge is 2.30. The first-order valence-corrected chi connectivity index (χ1v) is 15.6. The Morgan fingerprint density at radius 2 is 1.85 bits per heavy atom. The minimum Gasteiger partial charge on any atom is -0.489 e. The van der Waals surface area contributed by atoms with Gasteiger partial charge < -0.3 is 15.4 Å². The van der Waals surface area contributed by atoms with Gasteiger partial charge in [0, 0.05) is 29.9 Å². The van der Waals surface area contributed by atoms with Crippen LogP contribution in [-0.2, 0) is 16.8 Å². The van der Waals surface area contributed by atoms with Gasteiger partial charge in [0.15, 0.2) is 17.7 Å². The quantitative estimate of drug-likeness (QED) is 0.122. The number of nitrogens with zero attached hydrogens (tertiary/aromatic N) is 2. The maximum atomic E-state index is 13.7. The van der Waals surface area contributed by atoms with E-state index in [4.69, 9.17) is 16.3 Å². The molecule has 41 heavy (non-hydrogen) atoms. The third-order valence-electron chi connectivity index (χ3n) is 6.18. The number of nitrogens with one attached hydrogen (secondary N) is 3. The monoisotopic (exact) mass is 614 g/mol. The highest BCUT2D eigenvalue weighted by Crippen LogP contribution is 2.42. The molecule has 1 unspecified atom stereocenters. The van der Waals surface area contributed by atoms with Crippen LogP contribution < -0.4 is 25.2 Å². The lowest BCUT2D eigenvalue weighted by atomic mass is 9.86. The van der Waals surface area contributed by atoms with E-state index in [0.717, 1.165) is 5.56 Å². The summed E-state index contributed by atoms with van der Waals surface area (Å²) in [6.07, 6.45) is 4.75. The maximum absolute atomic E-state index is 13.7. The summed E-state index contributed by atoms with van der Waals surface area (Å²) in [7, 11) is 1.71. The van der Waals surface area contributed by atoms with Crippen molar-refractivity contribution in [1.82, 2.24) is 10.4 Å². The number of hydrazine groups is 1. The van der Waals surface area contributed by atoms with E-state index in [1.807, 2.05) is 19.1 Å². The molecule has 2 amide bonds. The Kier molecular flexibility index (Phi) is 9.45. The molecular weight excluding hydrogens is 582 g/mol. The van der Waals surface area contributed by atoms with E-state index < -0.39 is 11.4 Å². The molecule has 9 nitrogen and oxygen atoms in total. The molecule has 2 aromatic heterocycles. The molecule has 4 N–H and O–H groups in total. The summed E-state index contributed by atoms with van der Waals surface area (Å²) in [5, 5.41) is 7.04. The van der Waals surface area contributed by atoms with Crippen LogP contribution in [0.1, 0.15) is 53.3 Å². The molecule has 4 aromatic rings. The zero-order valence-corrected chi connectivity index (χ0v) is 26.1. The Bertz CT molecular complexity index is 1570. The van der Waals surface area contributed by atoms with Gasteiger partial charge in [0.2, 0.25) is 0 Å². The summed E-state index contributed by atoms with van der Waals surface area (Å²) >= 11 is 6.55. The van der Waals surface area contributed by atoms with E-state index >= 15 is 0 Å². The Labute approximate surface area is 251 Å². The fourth-order valence-corrected chi connectivity index (χ4v) is 6.16. The number of hydrogen-bond donors (Lipinski definition) is 4. The van der Waals surface area contributed by atoms with Crippen LogP contribution in [0.3, 0.4) is 0 Å². The smallest absolute Gasteiger partial charge is 0.277 e.